The molecule has 1 saturated heterocycles. The summed E-state index contributed by atoms with van der Waals surface area (Å²) in [6.07, 6.45) is 4.96. The highest BCUT2D eigenvalue weighted by molar-refractivity contribution is 5.94. The van der Waals surface area contributed by atoms with Gasteiger partial charge in [-0.05, 0) is 36.6 Å². The van der Waals surface area contributed by atoms with Crippen molar-refractivity contribution < 1.29 is 9.32 Å². The number of pyridine rings is 1. The number of hydrogen-bond acceptors (Lipinski definition) is 5. The van der Waals surface area contributed by atoms with Gasteiger partial charge in [-0.3, -0.25) is 9.78 Å². The lowest BCUT2D eigenvalue weighted by molar-refractivity contribution is 0.0787. The summed E-state index contributed by atoms with van der Waals surface area (Å²) >= 11 is 0. The van der Waals surface area contributed by atoms with Crippen LogP contribution in [0.1, 0.15) is 22.6 Å². The number of rotatable bonds is 4. The number of aromatic nitrogens is 3. The Kier molecular flexibility index (Phi) is 4.24. The molecule has 25 heavy (non-hydrogen) atoms. The highest BCUT2D eigenvalue weighted by Gasteiger charge is 2.28. The number of hydrogen-bond donors (Lipinski definition) is 0. The third kappa shape index (κ3) is 3.42. The molecule has 126 valence electrons. The fourth-order valence-corrected chi connectivity index (χ4v) is 3.15. The van der Waals surface area contributed by atoms with Crippen LogP contribution in [0, 0.1) is 5.92 Å². The van der Waals surface area contributed by atoms with Gasteiger partial charge in [-0.2, -0.15) is 4.98 Å². The van der Waals surface area contributed by atoms with Crippen molar-refractivity contribution in [2.75, 3.05) is 13.1 Å². The first-order chi connectivity index (χ1) is 12.3. The lowest BCUT2D eigenvalue weighted by Crippen LogP contribution is -2.29. The third-order valence-corrected chi connectivity index (χ3v) is 4.46. The Labute approximate surface area is 145 Å². The van der Waals surface area contributed by atoms with Gasteiger partial charge in [0.25, 0.3) is 11.8 Å². The van der Waals surface area contributed by atoms with Gasteiger partial charge in [0.15, 0.2) is 5.82 Å². The molecule has 1 aromatic carbocycles. The predicted octanol–water partition coefficient (Wildman–Crippen LogP) is 2.84. The topological polar surface area (TPSA) is 72.1 Å². The minimum Gasteiger partial charge on any atom is -0.338 e. The summed E-state index contributed by atoms with van der Waals surface area (Å²) < 4.78 is 5.36. The molecule has 1 aliphatic heterocycles. The molecule has 4 rings (SSSR count). The summed E-state index contributed by atoms with van der Waals surface area (Å²) in [7, 11) is 0. The summed E-state index contributed by atoms with van der Waals surface area (Å²) in [5.41, 5.74) is 1.60. The Morgan fingerprint density at radius 3 is 2.76 bits per heavy atom. The Hall–Kier alpha value is -3.02. The summed E-state index contributed by atoms with van der Waals surface area (Å²) in [5.74, 6) is 1.65. The largest absolute Gasteiger partial charge is 0.338 e. The van der Waals surface area contributed by atoms with Crippen LogP contribution in [0.15, 0.2) is 59.4 Å². The second-order valence-electron chi connectivity index (χ2n) is 6.23. The molecular formula is C19H18N4O2. The van der Waals surface area contributed by atoms with E-state index in [-0.39, 0.29) is 5.91 Å². The maximum Gasteiger partial charge on any atom is 0.257 e. The molecular weight excluding hydrogens is 316 g/mol. The van der Waals surface area contributed by atoms with Gasteiger partial charge in [0.05, 0.1) is 0 Å². The first-order valence-corrected chi connectivity index (χ1v) is 8.37. The van der Waals surface area contributed by atoms with Crippen molar-refractivity contribution in [3.63, 3.8) is 0 Å². The Bertz CT molecular complexity index is 848. The number of carbonyl (C=O) groups is 1. The van der Waals surface area contributed by atoms with Crippen molar-refractivity contribution in [2.24, 2.45) is 5.92 Å². The van der Waals surface area contributed by atoms with Crippen LogP contribution in [0.25, 0.3) is 11.5 Å². The van der Waals surface area contributed by atoms with Gasteiger partial charge in [-0.15, -0.1) is 0 Å². The molecule has 0 spiro atoms. The predicted molar refractivity (Wildman–Crippen MR) is 91.7 cm³/mol. The van der Waals surface area contributed by atoms with Gasteiger partial charge >= 0.3 is 0 Å². The van der Waals surface area contributed by atoms with Crippen molar-refractivity contribution in [3.8, 4) is 11.5 Å². The molecule has 6 nitrogen and oxygen atoms in total. The van der Waals surface area contributed by atoms with Crippen molar-refractivity contribution in [1.82, 2.24) is 20.0 Å². The van der Waals surface area contributed by atoms with Gasteiger partial charge in [-0.25, -0.2) is 0 Å². The molecule has 6 heteroatoms. The molecule has 1 fully saturated rings. The standard InChI is InChI=1S/C19H18N4O2/c24-19(16-6-9-20-10-7-16)23-11-8-14(13-23)12-17-21-18(25-22-17)15-4-2-1-3-5-15/h1-7,9-10,14H,8,11-13H2. The Balaban J connectivity index is 1.39. The molecule has 2 aromatic heterocycles. The smallest absolute Gasteiger partial charge is 0.257 e. The molecule has 0 N–H and O–H groups in total. The van der Waals surface area contributed by atoms with Gasteiger partial charge in [0.1, 0.15) is 0 Å². The zero-order valence-electron chi connectivity index (χ0n) is 13.7. The van der Waals surface area contributed by atoms with Gasteiger partial charge in [0, 0.05) is 43.0 Å². The lowest BCUT2D eigenvalue weighted by atomic mass is 10.0. The quantitative estimate of drug-likeness (QED) is 0.733. The molecule has 0 bridgehead atoms. The van der Waals surface area contributed by atoms with E-state index in [0.717, 1.165) is 31.5 Å². The third-order valence-electron chi connectivity index (χ3n) is 4.46. The van der Waals surface area contributed by atoms with Crippen molar-refractivity contribution in [2.45, 2.75) is 12.8 Å². The first kappa shape index (κ1) is 15.5. The van der Waals surface area contributed by atoms with Crippen LogP contribution in [0.5, 0.6) is 0 Å². The summed E-state index contributed by atoms with van der Waals surface area (Å²) in [6.45, 7) is 1.48. The molecule has 3 heterocycles. The number of nitrogens with zero attached hydrogens (tertiary/aromatic N) is 4. The summed E-state index contributed by atoms with van der Waals surface area (Å²) in [4.78, 5) is 22.8. The lowest BCUT2D eigenvalue weighted by Gasteiger charge is -2.16. The average Bonchev–Trinajstić information content (AvgIpc) is 3.33. The van der Waals surface area contributed by atoms with Gasteiger partial charge in [0.2, 0.25) is 0 Å². The average molecular weight is 334 g/mol. The number of likely N-dealkylation sites (tertiary alicyclic amines) is 1. The fraction of sp³-hybridized carbons (Fsp3) is 0.263. The zero-order valence-corrected chi connectivity index (χ0v) is 13.7. The van der Waals surface area contributed by atoms with E-state index < -0.39 is 0 Å². The van der Waals surface area contributed by atoms with E-state index in [9.17, 15) is 4.79 Å². The van der Waals surface area contributed by atoms with Crippen LogP contribution in [0.2, 0.25) is 0 Å². The van der Waals surface area contributed by atoms with E-state index in [4.69, 9.17) is 4.52 Å². The van der Waals surface area contributed by atoms with Crippen LogP contribution < -0.4 is 0 Å². The minimum atomic E-state index is 0.0583. The second-order valence-corrected chi connectivity index (χ2v) is 6.23. The van der Waals surface area contributed by atoms with Crippen LogP contribution in [-0.4, -0.2) is 39.0 Å². The van der Waals surface area contributed by atoms with Crippen LogP contribution in [-0.2, 0) is 6.42 Å². The fourth-order valence-electron chi connectivity index (χ4n) is 3.15. The van der Waals surface area contributed by atoms with E-state index in [1.165, 1.54) is 0 Å². The van der Waals surface area contributed by atoms with Gasteiger partial charge < -0.3 is 9.42 Å². The van der Waals surface area contributed by atoms with Crippen LogP contribution >= 0.6 is 0 Å². The molecule has 1 aliphatic rings. The Morgan fingerprint density at radius 1 is 1.16 bits per heavy atom. The molecule has 0 aliphatic carbocycles. The van der Waals surface area contributed by atoms with Crippen molar-refractivity contribution in [3.05, 3.63) is 66.2 Å². The molecule has 0 saturated carbocycles. The SMILES string of the molecule is O=C(c1ccncc1)N1CCC(Cc2noc(-c3ccccc3)n2)C1. The second kappa shape index (κ2) is 6.84. The maximum atomic E-state index is 12.5. The minimum absolute atomic E-state index is 0.0583. The molecule has 1 unspecified atom stereocenters. The van der Waals surface area contributed by atoms with E-state index >= 15 is 0 Å². The number of benzene rings is 1. The molecule has 1 amide bonds. The van der Waals surface area contributed by atoms with Crippen LogP contribution in [0.3, 0.4) is 0 Å². The number of carbonyl (C=O) groups excluding carboxylic acids is 1. The zero-order chi connectivity index (χ0) is 17.1. The summed E-state index contributed by atoms with van der Waals surface area (Å²) in [6, 6.07) is 13.2. The Morgan fingerprint density at radius 2 is 1.96 bits per heavy atom. The molecule has 3 aromatic rings. The maximum absolute atomic E-state index is 12.5. The van der Waals surface area contributed by atoms with E-state index in [2.05, 4.69) is 15.1 Å². The van der Waals surface area contributed by atoms with E-state index in [1.807, 2.05) is 35.2 Å². The molecule has 0 radical (unpaired) electrons. The van der Waals surface area contributed by atoms with Crippen molar-refractivity contribution >= 4 is 5.91 Å². The van der Waals surface area contributed by atoms with Crippen molar-refractivity contribution in [1.29, 1.82) is 0 Å². The molecule has 1 atom stereocenters. The summed E-state index contributed by atoms with van der Waals surface area (Å²) in [5, 5.41) is 4.09. The first-order valence-electron chi connectivity index (χ1n) is 8.37. The number of amides is 1. The highest BCUT2D eigenvalue weighted by atomic mass is 16.5. The monoisotopic (exact) mass is 334 g/mol. The van der Waals surface area contributed by atoms with E-state index in [0.29, 0.717) is 23.2 Å². The van der Waals surface area contributed by atoms with Crippen LogP contribution in [0.4, 0.5) is 0 Å². The normalized spacial score (nSPS) is 17.0. The van der Waals surface area contributed by atoms with Gasteiger partial charge in [-0.1, -0.05) is 23.4 Å². The highest BCUT2D eigenvalue weighted by Crippen LogP contribution is 2.23. The van der Waals surface area contributed by atoms with E-state index in [1.54, 1.807) is 24.5 Å².